The average molecular weight is 261 g/mol. The Bertz CT molecular complexity index is 376. The molecule has 1 atom stereocenters. The van der Waals surface area contributed by atoms with Crippen LogP contribution in [0.15, 0.2) is 30.3 Å². The van der Waals surface area contributed by atoms with E-state index >= 15 is 0 Å². The zero-order valence-corrected chi connectivity index (χ0v) is 12.0. The molecule has 1 nitrogen and oxygen atoms in total. The van der Waals surface area contributed by atoms with E-state index in [-0.39, 0.29) is 0 Å². The van der Waals surface area contributed by atoms with Crippen molar-refractivity contribution in [2.75, 3.05) is 12.8 Å². The summed E-state index contributed by atoms with van der Waals surface area (Å²) in [4.78, 5) is 0. The highest BCUT2D eigenvalue weighted by Crippen LogP contribution is 2.45. The highest BCUT2D eigenvalue weighted by atomic mass is 32.2. The summed E-state index contributed by atoms with van der Waals surface area (Å²) < 4.78 is 0.544. The molecular weight excluding hydrogens is 238 g/mol. The van der Waals surface area contributed by atoms with Gasteiger partial charge in [0.25, 0.3) is 0 Å². The van der Waals surface area contributed by atoms with Crippen LogP contribution in [0.4, 0.5) is 0 Å². The van der Waals surface area contributed by atoms with E-state index in [9.17, 15) is 0 Å². The Labute approximate surface area is 115 Å². The quantitative estimate of drug-likeness (QED) is 0.830. The average Bonchev–Trinajstić information content (AvgIpc) is 3.18. The summed E-state index contributed by atoms with van der Waals surface area (Å²) in [6.45, 7) is 1.18. The van der Waals surface area contributed by atoms with E-state index in [1.165, 1.54) is 44.2 Å². The third-order valence-corrected chi connectivity index (χ3v) is 6.01. The summed E-state index contributed by atoms with van der Waals surface area (Å²) in [5.74, 6) is 0.881. The van der Waals surface area contributed by atoms with Gasteiger partial charge in [-0.3, -0.25) is 0 Å². The molecule has 2 fully saturated rings. The molecule has 0 saturated heterocycles. The predicted octanol–water partition coefficient (Wildman–Crippen LogP) is 4.01. The van der Waals surface area contributed by atoms with Crippen LogP contribution in [0.3, 0.4) is 0 Å². The molecule has 1 aromatic rings. The van der Waals surface area contributed by atoms with Gasteiger partial charge in [0.2, 0.25) is 0 Å². The monoisotopic (exact) mass is 261 g/mol. The van der Waals surface area contributed by atoms with Crippen molar-refractivity contribution in [1.82, 2.24) is 5.32 Å². The third kappa shape index (κ3) is 2.60. The van der Waals surface area contributed by atoms with Gasteiger partial charge in [-0.05, 0) is 43.4 Å². The Morgan fingerprint density at radius 2 is 2.00 bits per heavy atom. The van der Waals surface area contributed by atoms with E-state index in [0.717, 1.165) is 5.92 Å². The summed E-state index contributed by atoms with van der Waals surface area (Å²) in [6.07, 6.45) is 9.29. The lowest BCUT2D eigenvalue weighted by molar-refractivity contribution is 0.322. The van der Waals surface area contributed by atoms with Crippen LogP contribution < -0.4 is 5.32 Å². The van der Waals surface area contributed by atoms with E-state index in [1.54, 1.807) is 0 Å². The van der Waals surface area contributed by atoms with E-state index in [0.29, 0.717) is 10.8 Å². The van der Waals surface area contributed by atoms with Crippen LogP contribution in [-0.4, -0.2) is 17.5 Å². The Kier molecular flexibility index (Phi) is 3.67. The summed E-state index contributed by atoms with van der Waals surface area (Å²) in [5, 5.41) is 3.87. The van der Waals surface area contributed by atoms with Crippen LogP contribution in [-0.2, 0) is 0 Å². The van der Waals surface area contributed by atoms with Crippen molar-refractivity contribution in [3.8, 4) is 0 Å². The molecule has 0 amide bonds. The van der Waals surface area contributed by atoms with Crippen LogP contribution in [0, 0.1) is 5.92 Å². The molecule has 18 heavy (non-hydrogen) atoms. The molecule has 2 aliphatic rings. The maximum atomic E-state index is 3.87. The molecule has 3 rings (SSSR count). The van der Waals surface area contributed by atoms with Gasteiger partial charge < -0.3 is 5.32 Å². The topological polar surface area (TPSA) is 12.0 Å². The molecule has 2 heteroatoms. The first-order chi connectivity index (χ1) is 8.83. The van der Waals surface area contributed by atoms with E-state index in [1.807, 2.05) is 0 Å². The molecule has 0 bridgehead atoms. The molecular formula is C16H23NS. The van der Waals surface area contributed by atoms with E-state index < -0.39 is 0 Å². The second kappa shape index (κ2) is 5.26. The fourth-order valence-corrected chi connectivity index (χ4v) is 3.89. The SMILES string of the molecule is CSC1(CNC(c2ccccc2)C2CC2)CCC1. The summed E-state index contributed by atoms with van der Waals surface area (Å²) in [5.41, 5.74) is 1.48. The van der Waals surface area contributed by atoms with Crippen LogP contribution in [0.5, 0.6) is 0 Å². The molecule has 0 aliphatic heterocycles. The normalized spacial score (nSPS) is 23.4. The molecule has 0 spiro atoms. The summed E-state index contributed by atoms with van der Waals surface area (Å²) >= 11 is 2.07. The zero-order valence-electron chi connectivity index (χ0n) is 11.2. The van der Waals surface area contributed by atoms with Gasteiger partial charge >= 0.3 is 0 Å². The Balaban J connectivity index is 1.64. The minimum Gasteiger partial charge on any atom is -0.308 e. The maximum absolute atomic E-state index is 3.87. The lowest BCUT2D eigenvalue weighted by Gasteiger charge is -2.41. The predicted molar refractivity (Wildman–Crippen MR) is 80.0 cm³/mol. The second-order valence-corrected chi connectivity index (χ2v) is 7.12. The highest BCUT2D eigenvalue weighted by molar-refractivity contribution is 8.00. The minimum atomic E-state index is 0.544. The number of thioether (sulfide) groups is 1. The molecule has 1 unspecified atom stereocenters. The van der Waals surface area contributed by atoms with Crippen molar-refractivity contribution in [3.05, 3.63) is 35.9 Å². The fourth-order valence-electron chi connectivity index (χ4n) is 2.97. The van der Waals surface area contributed by atoms with Gasteiger partial charge in [-0.2, -0.15) is 11.8 Å². The van der Waals surface area contributed by atoms with Crippen molar-refractivity contribution >= 4 is 11.8 Å². The van der Waals surface area contributed by atoms with Crippen molar-refractivity contribution in [1.29, 1.82) is 0 Å². The lowest BCUT2D eigenvalue weighted by Crippen LogP contribution is -2.44. The Hall–Kier alpha value is -0.470. The number of hydrogen-bond donors (Lipinski definition) is 1. The molecule has 0 radical (unpaired) electrons. The Morgan fingerprint density at radius 3 is 2.50 bits per heavy atom. The third-order valence-electron chi connectivity index (χ3n) is 4.59. The van der Waals surface area contributed by atoms with Gasteiger partial charge in [-0.25, -0.2) is 0 Å². The van der Waals surface area contributed by atoms with Gasteiger partial charge in [-0.1, -0.05) is 36.8 Å². The standard InChI is InChI=1S/C16H23NS/c1-18-16(10-5-11-16)12-17-15(14-8-9-14)13-6-3-2-4-7-13/h2-4,6-7,14-15,17H,5,8-12H2,1H3. The molecule has 1 aromatic carbocycles. The molecule has 0 aromatic heterocycles. The van der Waals surface area contributed by atoms with Crippen LogP contribution >= 0.6 is 11.8 Å². The smallest absolute Gasteiger partial charge is 0.0349 e. The van der Waals surface area contributed by atoms with Crippen LogP contribution in [0.2, 0.25) is 0 Å². The van der Waals surface area contributed by atoms with Gasteiger partial charge in [0.1, 0.15) is 0 Å². The number of benzene rings is 1. The van der Waals surface area contributed by atoms with Gasteiger partial charge in [0.15, 0.2) is 0 Å². The molecule has 1 N–H and O–H groups in total. The molecule has 98 valence electrons. The second-order valence-electron chi connectivity index (χ2n) is 5.85. The van der Waals surface area contributed by atoms with Crippen LogP contribution in [0.25, 0.3) is 0 Å². The fraction of sp³-hybridized carbons (Fsp3) is 0.625. The van der Waals surface area contributed by atoms with E-state index in [2.05, 4.69) is 53.7 Å². The Morgan fingerprint density at radius 1 is 1.28 bits per heavy atom. The van der Waals surface area contributed by atoms with Crippen molar-refractivity contribution in [3.63, 3.8) is 0 Å². The molecule has 0 heterocycles. The highest BCUT2D eigenvalue weighted by Gasteiger charge is 2.38. The first-order valence-electron chi connectivity index (χ1n) is 7.16. The largest absolute Gasteiger partial charge is 0.308 e. The van der Waals surface area contributed by atoms with Crippen molar-refractivity contribution < 1.29 is 0 Å². The first-order valence-corrected chi connectivity index (χ1v) is 8.39. The van der Waals surface area contributed by atoms with Crippen molar-refractivity contribution in [2.45, 2.75) is 42.9 Å². The summed E-state index contributed by atoms with van der Waals surface area (Å²) in [6, 6.07) is 11.6. The van der Waals surface area contributed by atoms with Gasteiger partial charge in [0, 0.05) is 17.3 Å². The van der Waals surface area contributed by atoms with Crippen molar-refractivity contribution in [2.24, 2.45) is 5.92 Å². The number of hydrogen-bond acceptors (Lipinski definition) is 2. The number of nitrogens with one attached hydrogen (secondary N) is 1. The van der Waals surface area contributed by atoms with Gasteiger partial charge in [-0.15, -0.1) is 0 Å². The zero-order chi connectivity index (χ0) is 12.4. The summed E-state index contributed by atoms with van der Waals surface area (Å²) in [7, 11) is 0. The van der Waals surface area contributed by atoms with Crippen LogP contribution in [0.1, 0.15) is 43.7 Å². The minimum absolute atomic E-state index is 0.544. The lowest BCUT2D eigenvalue weighted by atomic mass is 9.83. The molecule has 2 saturated carbocycles. The number of rotatable bonds is 6. The maximum Gasteiger partial charge on any atom is 0.0349 e. The molecule has 2 aliphatic carbocycles. The van der Waals surface area contributed by atoms with Gasteiger partial charge in [0.05, 0.1) is 0 Å². The van der Waals surface area contributed by atoms with E-state index in [4.69, 9.17) is 0 Å². The first kappa shape index (κ1) is 12.6.